The highest BCUT2D eigenvalue weighted by Crippen LogP contribution is 2.33. The molecule has 23 heavy (non-hydrogen) atoms. The second-order valence-corrected chi connectivity index (χ2v) is 6.56. The largest absolute Gasteiger partial charge is 0.379 e. The predicted octanol–water partition coefficient (Wildman–Crippen LogP) is 3.66. The molecule has 5 nitrogen and oxygen atoms in total. The Morgan fingerprint density at radius 3 is 2.87 bits per heavy atom. The first-order chi connectivity index (χ1) is 11.0. The maximum absolute atomic E-state index is 12.9. The van der Waals surface area contributed by atoms with Gasteiger partial charge >= 0.3 is 0 Å². The molecule has 1 atom stereocenters. The number of nitrogens with zero attached hydrogens (tertiary/aromatic N) is 2. The van der Waals surface area contributed by atoms with Gasteiger partial charge in [-0.2, -0.15) is 0 Å². The maximum atomic E-state index is 12.9. The van der Waals surface area contributed by atoms with Gasteiger partial charge in [-0.3, -0.25) is 4.79 Å². The summed E-state index contributed by atoms with van der Waals surface area (Å²) in [5, 5.41) is 7.52. The van der Waals surface area contributed by atoms with E-state index in [1.165, 1.54) is 0 Å². The number of hydrogen-bond acceptors (Lipinski definition) is 4. The highest BCUT2D eigenvalue weighted by atomic mass is 35.5. The van der Waals surface area contributed by atoms with Crippen LogP contribution >= 0.6 is 11.6 Å². The number of rotatable bonds is 3. The van der Waals surface area contributed by atoms with Crippen molar-refractivity contribution in [3.8, 4) is 0 Å². The van der Waals surface area contributed by atoms with Crippen molar-refractivity contribution < 1.29 is 9.32 Å². The molecule has 2 aromatic rings. The Bertz CT molecular complexity index is 707. The Morgan fingerprint density at radius 2 is 2.22 bits per heavy atom. The average Bonchev–Trinajstić information content (AvgIpc) is 2.85. The van der Waals surface area contributed by atoms with Gasteiger partial charge in [-0.25, -0.2) is 0 Å². The highest BCUT2D eigenvalue weighted by Gasteiger charge is 2.30. The van der Waals surface area contributed by atoms with Gasteiger partial charge in [0.15, 0.2) is 0 Å². The monoisotopic (exact) mass is 333 g/mol. The normalized spacial score (nSPS) is 17.1. The van der Waals surface area contributed by atoms with E-state index in [0.717, 1.165) is 11.4 Å². The summed E-state index contributed by atoms with van der Waals surface area (Å²) in [5.74, 6) is 0.414. The number of para-hydroxylation sites is 2. The molecule has 1 aliphatic rings. The Kier molecular flexibility index (Phi) is 4.31. The fourth-order valence-corrected chi connectivity index (χ4v) is 3.03. The van der Waals surface area contributed by atoms with E-state index in [2.05, 4.69) is 24.3 Å². The number of aryl methyl sites for hydroxylation is 1. The number of fused-ring (bicyclic) bond motifs is 1. The van der Waals surface area contributed by atoms with Crippen molar-refractivity contribution in [3.63, 3.8) is 0 Å². The minimum absolute atomic E-state index is 0.00204. The van der Waals surface area contributed by atoms with Crippen molar-refractivity contribution in [1.29, 1.82) is 0 Å². The maximum Gasteiger partial charge on any atom is 0.231 e. The van der Waals surface area contributed by atoms with Gasteiger partial charge in [-0.05, 0) is 36.6 Å². The summed E-state index contributed by atoms with van der Waals surface area (Å²) >= 11 is 6.00. The summed E-state index contributed by atoms with van der Waals surface area (Å²) in [6, 6.07) is 8.08. The lowest BCUT2D eigenvalue weighted by molar-refractivity contribution is -0.118. The molecular weight excluding hydrogens is 314 g/mol. The summed E-state index contributed by atoms with van der Waals surface area (Å²) in [6.45, 7) is 6.72. The van der Waals surface area contributed by atoms with Gasteiger partial charge in [0.25, 0.3) is 0 Å². The van der Waals surface area contributed by atoms with Gasteiger partial charge < -0.3 is 14.7 Å². The van der Waals surface area contributed by atoms with Crippen LogP contribution in [0, 0.1) is 12.8 Å². The van der Waals surface area contributed by atoms with E-state index in [-0.39, 0.29) is 23.6 Å². The van der Waals surface area contributed by atoms with Crippen LogP contribution in [0.15, 0.2) is 28.8 Å². The summed E-state index contributed by atoms with van der Waals surface area (Å²) in [6.07, 6.45) is 0.188. The highest BCUT2D eigenvalue weighted by molar-refractivity contribution is 6.29. The Labute approximate surface area is 140 Å². The molecule has 0 unspecified atom stereocenters. The van der Waals surface area contributed by atoms with Gasteiger partial charge in [-0.1, -0.05) is 31.1 Å². The molecule has 0 saturated heterocycles. The molecule has 0 spiro atoms. The van der Waals surface area contributed by atoms with E-state index in [1.54, 1.807) is 6.92 Å². The third-order valence-corrected chi connectivity index (χ3v) is 4.58. The number of carbonyl (C=O) groups excluding carboxylic acids is 1. The Hall–Kier alpha value is -2.01. The van der Waals surface area contributed by atoms with Crippen LogP contribution < -0.4 is 10.2 Å². The molecule has 0 aliphatic carbocycles. The third-order valence-electron chi connectivity index (χ3n) is 4.29. The van der Waals surface area contributed by atoms with Gasteiger partial charge in [0.05, 0.1) is 23.5 Å². The molecule has 0 bridgehead atoms. The summed E-state index contributed by atoms with van der Waals surface area (Å²) in [7, 11) is 0. The van der Waals surface area contributed by atoms with Crippen molar-refractivity contribution >= 4 is 28.9 Å². The second kappa shape index (κ2) is 6.24. The lowest BCUT2D eigenvalue weighted by Crippen LogP contribution is -2.47. The first-order valence-corrected chi connectivity index (χ1v) is 8.11. The summed E-state index contributed by atoms with van der Waals surface area (Å²) < 4.78 is 4.94. The molecule has 0 fully saturated rings. The third kappa shape index (κ3) is 3.06. The molecule has 1 N–H and O–H groups in total. The van der Waals surface area contributed by atoms with E-state index < -0.39 is 0 Å². The van der Waals surface area contributed by atoms with Crippen LogP contribution in [-0.2, 0) is 11.2 Å². The van der Waals surface area contributed by atoms with Crippen molar-refractivity contribution in [3.05, 3.63) is 40.7 Å². The van der Waals surface area contributed by atoms with Crippen molar-refractivity contribution in [2.45, 2.75) is 33.2 Å². The van der Waals surface area contributed by atoms with E-state index >= 15 is 0 Å². The molecule has 0 saturated carbocycles. The zero-order valence-corrected chi connectivity index (χ0v) is 14.2. The molecular formula is C17H20ClN3O2. The smallest absolute Gasteiger partial charge is 0.231 e. The predicted molar refractivity (Wildman–Crippen MR) is 91.0 cm³/mol. The molecule has 122 valence electrons. The molecule has 1 aromatic heterocycles. The standard InChI is InChI=1S/C17H20ClN3O2/c1-10(2)14-9-21(15-7-5-4-6-13(15)19-14)16(22)8-12-11(3)20-23-17(12)18/h4-7,10,14,19H,8-9H2,1-3H3/t14-/m0/s1. The van der Waals surface area contributed by atoms with Gasteiger partial charge in [0.2, 0.25) is 11.1 Å². The van der Waals surface area contributed by atoms with Crippen molar-refractivity contribution in [2.75, 3.05) is 16.8 Å². The van der Waals surface area contributed by atoms with Gasteiger partial charge in [0, 0.05) is 18.2 Å². The van der Waals surface area contributed by atoms with Crippen molar-refractivity contribution in [2.24, 2.45) is 5.92 Å². The number of amides is 1. The van der Waals surface area contributed by atoms with Crippen LogP contribution in [0.3, 0.4) is 0 Å². The molecule has 3 rings (SSSR count). The fourth-order valence-electron chi connectivity index (χ4n) is 2.79. The van der Waals surface area contributed by atoms with Crippen LogP contribution in [0.2, 0.25) is 5.22 Å². The SMILES string of the molecule is Cc1noc(Cl)c1CC(=O)N1C[C@@H](C(C)C)Nc2ccccc21. The van der Waals surface area contributed by atoms with Crippen molar-refractivity contribution in [1.82, 2.24) is 5.16 Å². The first kappa shape index (κ1) is 15.9. The molecule has 2 heterocycles. The van der Waals surface area contributed by atoms with Crippen LogP contribution in [0.5, 0.6) is 0 Å². The Balaban J connectivity index is 1.90. The number of carbonyl (C=O) groups is 1. The zero-order chi connectivity index (χ0) is 16.6. The lowest BCUT2D eigenvalue weighted by Gasteiger charge is -2.37. The molecule has 1 aromatic carbocycles. The van der Waals surface area contributed by atoms with E-state index in [1.807, 2.05) is 29.2 Å². The quantitative estimate of drug-likeness (QED) is 0.931. The Morgan fingerprint density at radius 1 is 1.48 bits per heavy atom. The molecule has 1 aliphatic heterocycles. The van der Waals surface area contributed by atoms with Gasteiger partial charge in [-0.15, -0.1) is 0 Å². The van der Waals surface area contributed by atoms with E-state index in [9.17, 15) is 4.79 Å². The average molecular weight is 334 g/mol. The summed E-state index contributed by atoms with van der Waals surface area (Å²) in [4.78, 5) is 14.7. The van der Waals surface area contributed by atoms with Crippen LogP contribution in [-0.4, -0.2) is 23.7 Å². The number of anilines is 2. The summed E-state index contributed by atoms with van der Waals surface area (Å²) in [5.41, 5.74) is 3.21. The van der Waals surface area contributed by atoms with E-state index in [0.29, 0.717) is 23.7 Å². The second-order valence-electron chi connectivity index (χ2n) is 6.21. The van der Waals surface area contributed by atoms with Crippen LogP contribution in [0.4, 0.5) is 11.4 Å². The molecule has 6 heteroatoms. The number of halogens is 1. The lowest BCUT2D eigenvalue weighted by atomic mass is 9.99. The number of benzene rings is 1. The number of aromatic nitrogens is 1. The minimum Gasteiger partial charge on any atom is -0.379 e. The first-order valence-electron chi connectivity index (χ1n) is 7.74. The fraction of sp³-hybridized carbons (Fsp3) is 0.412. The molecule has 0 radical (unpaired) electrons. The zero-order valence-electron chi connectivity index (χ0n) is 13.5. The number of nitrogens with one attached hydrogen (secondary N) is 1. The van der Waals surface area contributed by atoms with Gasteiger partial charge in [0.1, 0.15) is 0 Å². The number of hydrogen-bond donors (Lipinski definition) is 1. The minimum atomic E-state index is -0.00204. The van der Waals surface area contributed by atoms with Crippen LogP contribution in [0.25, 0.3) is 0 Å². The van der Waals surface area contributed by atoms with Crippen LogP contribution in [0.1, 0.15) is 25.1 Å². The molecule has 1 amide bonds. The topological polar surface area (TPSA) is 58.4 Å². The van der Waals surface area contributed by atoms with E-state index in [4.69, 9.17) is 16.1 Å².